The van der Waals surface area contributed by atoms with Crippen LogP contribution in [0.25, 0.3) is 0 Å². The maximum Gasteiger partial charge on any atom is 0.326 e. The van der Waals surface area contributed by atoms with Gasteiger partial charge in [0.15, 0.2) is 0 Å². The van der Waals surface area contributed by atoms with E-state index in [0.29, 0.717) is 0 Å². The van der Waals surface area contributed by atoms with E-state index in [1.165, 1.54) is 0 Å². The summed E-state index contributed by atoms with van der Waals surface area (Å²) < 4.78 is 0. The Kier molecular flexibility index (Phi) is 11.1. The summed E-state index contributed by atoms with van der Waals surface area (Å²) in [6, 6.07) is 5.33. The first kappa shape index (κ1) is 25.9. The van der Waals surface area contributed by atoms with Crippen molar-refractivity contribution >= 4 is 42.2 Å². The lowest BCUT2D eigenvalue weighted by Crippen LogP contribution is -2.57. The molecule has 4 amide bonds. The van der Waals surface area contributed by atoms with Crippen molar-refractivity contribution in [1.29, 1.82) is 0 Å². The lowest BCUT2D eigenvalue weighted by Gasteiger charge is -2.23. The molecular formula is C19H27N5O6S. The van der Waals surface area contributed by atoms with E-state index in [4.69, 9.17) is 11.5 Å². The van der Waals surface area contributed by atoms with Crippen molar-refractivity contribution in [1.82, 2.24) is 16.0 Å². The number of carbonyl (C=O) groups is 5. The van der Waals surface area contributed by atoms with Crippen molar-refractivity contribution in [3.05, 3.63) is 35.9 Å². The van der Waals surface area contributed by atoms with Crippen LogP contribution < -0.4 is 27.4 Å². The van der Waals surface area contributed by atoms with E-state index < -0.39 is 47.7 Å². The van der Waals surface area contributed by atoms with Crippen molar-refractivity contribution in [2.24, 2.45) is 11.5 Å². The third kappa shape index (κ3) is 9.49. The first-order chi connectivity index (χ1) is 14.7. The Morgan fingerprint density at radius 2 is 1.52 bits per heavy atom. The molecule has 3 atom stereocenters. The summed E-state index contributed by atoms with van der Waals surface area (Å²) in [5.41, 5.74) is 11.1. The number of carboxylic acids is 1. The average molecular weight is 454 g/mol. The number of hydrogen-bond acceptors (Lipinski definition) is 7. The third-order valence-corrected chi connectivity index (χ3v) is 4.59. The molecular weight excluding hydrogens is 426 g/mol. The van der Waals surface area contributed by atoms with Crippen LogP contribution in [0.15, 0.2) is 30.3 Å². The number of hydrogen-bond donors (Lipinski definition) is 7. The largest absolute Gasteiger partial charge is 0.480 e. The Morgan fingerprint density at radius 3 is 2.03 bits per heavy atom. The molecule has 1 aromatic rings. The monoisotopic (exact) mass is 453 g/mol. The molecule has 0 aromatic heterocycles. The molecule has 0 aliphatic carbocycles. The summed E-state index contributed by atoms with van der Waals surface area (Å²) in [5, 5.41) is 16.4. The Labute approximate surface area is 184 Å². The zero-order valence-corrected chi connectivity index (χ0v) is 17.6. The fourth-order valence-corrected chi connectivity index (χ4v) is 2.85. The summed E-state index contributed by atoms with van der Waals surface area (Å²) in [5.74, 6) is -4.22. The maximum absolute atomic E-state index is 12.7. The van der Waals surface area contributed by atoms with E-state index in [9.17, 15) is 29.1 Å². The summed E-state index contributed by atoms with van der Waals surface area (Å²) in [6.07, 6.45) is -0.290. The number of primary amides is 1. The van der Waals surface area contributed by atoms with Gasteiger partial charge in [-0.2, -0.15) is 12.6 Å². The molecule has 0 radical (unpaired) electrons. The van der Waals surface area contributed by atoms with Crippen molar-refractivity contribution in [3.63, 3.8) is 0 Å². The van der Waals surface area contributed by atoms with Crippen molar-refractivity contribution in [3.8, 4) is 0 Å². The van der Waals surface area contributed by atoms with Gasteiger partial charge in [0.25, 0.3) is 0 Å². The number of carbonyl (C=O) groups excluding carboxylic acids is 4. The topological polar surface area (TPSA) is 194 Å². The minimum Gasteiger partial charge on any atom is -0.480 e. The molecule has 0 heterocycles. The first-order valence-electron chi connectivity index (χ1n) is 9.44. The van der Waals surface area contributed by atoms with Gasteiger partial charge in [0.1, 0.15) is 18.1 Å². The van der Waals surface area contributed by atoms with Gasteiger partial charge in [0.05, 0.1) is 6.54 Å². The van der Waals surface area contributed by atoms with Gasteiger partial charge in [-0.1, -0.05) is 30.3 Å². The molecule has 1 aromatic carbocycles. The van der Waals surface area contributed by atoms with Gasteiger partial charge in [0, 0.05) is 18.6 Å². The quantitative estimate of drug-likeness (QED) is 0.166. The highest BCUT2D eigenvalue weighted by Crippen LogP contribution is 2.05. The highest BCUT2D eigenvalue weighted by atomic mass is 32.1. The standard InChI is InChI=1S/C19H27N5O6S/c20-9-16(26)22-13(8-11-4-2-1-3-5-11)17(27)24-14(10-31)18(28)23-12(19(29)30)6-7-15(21)25/h1-5,12-14,31H,6-10,20H2,(H2,21,25)(H,22,26)(H,23,28)(H,24,27)(H,29,30). The molecule has 0 bridgehead atoms. The average Bonchev–Trinajstić information content (AvgIpc) is 2.74. The van der Waals surface area contributed by atoms with Crippen LogP contribution in [0, 0.1) is 0 Å². The number of carboxylic acid groups (broad SMARTS) is 1. The van der Waals surface area contributed by atoms with Crippen LogP contribution in [-0.4, -0.2) is 65.1 Å². The summed E-state index contributed by atoms with van der Waals surface area (Å²) in [6.45, 7) is -0.324. The van der Waals surface area contributed by atoms with Gasteiger partial charge >= 0.3 is 5.97 Å². The zero-order valence-electron chi connectivity index (χ0n) is 16.7. The highest BCUT2D eigenvalue weighted by Gasteiger charge is 2.29. The second-order valence-corrected chi connectivity index (χ2v) is 7.03. The molecule has 170 valence electrons. The van der Waals surface area contributed by atoms with Crippen LogP contribution in [-0.2, 0) is 30.4 Å². The molecule has 0 fully saturated rings. The third-order valence-electron chi connectivity index (χ3n) is 4.23. The second-order valence-electron chi connectivity index (χ2n) is 6.66. The molecule has 1 rings (SSSR count). The van der Waals surface area contributed by atoms with E-state index in [0.717, 1.165) is 5.56 Å². The molecule has 31 heavy (non-hydrogen) atoms. The number of rotatable bonds is 13. The molecule has 0 aliphatic heterocycles. The van der Waals surface area contributed by atoms with Crippen molar-refractivity contribution < 1.29 is 29.1 Å². The molecule has 3 unspecified atom stereocenters. The van der Waals surface area contributed by atoms with Crippen molar-refractivity contribution in [2.75, 3.05) is 12.3 Å². The van der Waals surface area contributed by atoms with E-state index in [2.05, 4.69) is 28.6 Å². The van der Waals surface area contributed by atoms with E-state index in [1.54, 1.807) is 30.3 Å². The normalized spacial score (nSPS) is 13.4. The predicted octanol–water partition coefficient (Wildman–Crippen LogP) is -2.08. The van der Waals surface area contributed by atoms with Crippen LogP contribution >= 0.6 is 12.6 Å². The minimum absolute atomic E-state index is 0.136. The summed E-state index contributed by atoms with van der Waals surface area (Å²) >= 11 is 4.04. The highest BCUT2D eigenvalue weighted by molar-refractivity contribution is 7.80. The van der Waals surface area contributed by atoms with Gasteiger partial charge in [-0.15, -0.1) is 0 Å². The van der Waals surface area contributed by atoms with Crippen LogP contribution in [0.1, 0.15) is 18.4 Å². The maximum atomic E-state index is 12.7. The Balaban J connectivity index is 2.86. The molecule has 0 saturated heterocycles. The van der Waals surface area contributed by atoms with Gasteiger partial charge in [0.2, 0.25) is 23.6 Å². The van der Waals surface area contributed by atoms with Crippen LogP contribution in [0.2, 0.25) is 0 Å². The zero-order chi connectivity index (χ0) is 23.4. The minimum atomic E-state index is -1.36. The van der Waals surface area contributed by atoms with Crippen molar-refractivity contribution in [2.45, 2.75) is 37.4 Å². The Bertz CT molecular complexity index is 791. The number of nitrogens with one attached hydrogen (secondary N) is 3. The van der Waals surface area contributed by atoms with E-state index >= 15 is 0 Å². The summed E-state index contributed by atoms with van der Waals surface area (Å²) in [7, 11) is 0. The first-order valence-corrected chi connectivity index (χ1v) is 10.1. The molecule has 0 spiro atoms. The SMILES string of the molecule is NCC(=O)NC(Cc1ccccc1)C(=O)NC(CS)C(=O)NC(CCC(N)=O)C(=O)O. The molecule has 12 heteroatoms. The smallest absolute Gasteiger partial charge is 0.326 e. The molecule has 11 nitrogen and oxygen atoms in total. The lowest BCUT2D eigenvalue weighted by molar-refractivity contribution is -0.142. The van der Waals surface area contributed by atoms with E-state index in [-0.39, 0.29) is 31.6 Å². The predicted molar refractivity (Wildman–Crippen MR) is 115 cm³/mol. The van der Waals surface area contributed by atoms with Gasteiger partial charge in [-0.05, 0) is 12.0 Å². The lowest BCUT2D eigenvalue weighted by atomic mass is 10.0. The van der Waals surface area contributed by atoms with Crippen LogP contribution in [0.4, 0.5) is 0 Å². The van der Waals surface area contributed by atoms with Gasteiger partial charge in [-0.25, -0.2) is 4.79 Å². The molecule has 0 aliphatic rings. The number of nitrogens with two attached hydrogens (primary N) is 2. The summed E-state index contributed by atoms with van der Waals surface area (Å²) in [4.78, 5) is 59.2. The number of thiol groups is 1. The van der Waals surface area contributed by atoms with Crippen LogP contribution in [0.5, 0.6) is 0 Å². The number of benzene rings is 1. The van der Waals surface area contributed by atoms with E-state index in [1.807, 2.05) is 0 Å². The molecule has 0 saturated carbocycles. The molecule has 8 N–H and O–H groups in total. The second kappa shape index (κ2) is 13.2. The Morgan fingerprint density at radius 1 is 0.935 bits per heavy atom. The fraction of sp³-hybridized carbons (Fsp3) is 0.421. The number of amides is 4. The fourth-order valence-electron chi connectivity index (χ4n) is 2.60. The van der Waals surface area contributed by atoms with Gasteiger partial charge < -0.3 is 32.5 Å². The Hall–Kier alpha value is -3.12. The van der Waals surface area contributed by atoms with Gasteiger partial charge in [-0.3, -0.25) is 19.2 Å². The number of aliphatic carboxylic acids is 1. The van der Waals surface area contributed by atoms with Crippen LogP contribution in [0.3, 0.4) is 0 Å².